The summed E-state index contributed by atoms with van der Waals surface area (Å²) in [5, 5.41) is 5.22. The Morgan fingerprint density at radius 2 is 2.00 bits per heavy atom. The monoisotopic (exact) mass is 311 g/mol. The molecule has 1 saturated carbocycles. The van der Waals surface area contributed by atoms with Crippen LogP contribution < -0.4 is 9.88 Å². The normalized spacial score (nSPS) is 17.9. The van der Waals surface area contributed by atoms with Gasteiger partial charge in [0, 0.05) is 0 Å². The predicted octanol–water partition coefficient (Wildman–Crippen LogP) is 3.42. The van der Waals surface area contributed by atoms with Crippen molar-refractivity contribution in [3.63, 3.8) is 0 Å². The van der Waals surface area contributed by atoms with Crippen molar-refractivity contribution in [2.75, 3.05) is 6.61 Å². The molecule has 0 heterocycles. The molecule has 0 saturated heterocycles. The van der Waals surface area contributed by atoms with Gasteiger partial charge in [0.25, 0.3) is 0 Å². The molecule has 5 heteroatoms. The third-order valence-electron chi connectivity index (χ3n) is 4.40. The standard InChI is InChI=1S/C16H25NO3S/c1-3-12(2)15-10-14(21(17,18)19)8-9-16(15)20-11-13-6-4-5-7-13/h8-10,12-13H,3-7,11H2,1-2H3,(H2,17,18,19). The van der Waals surface area contributed by atoms with E-state index in [9.17, 15) is 8.42 Å². The van der Waals surface area contributed by atoms with Crippen LogP contribution in [0.25, 0.3) is 0 Å². The summed E-state index contributed by atoms with van der Waals surface area (Å²) >= 11 is 0. The molecule has 4 nitrogen and oxygen atoms in total. The maximum Gasteiger partial charge on any atom is 0.238 e. The topological polar surface area (TPSA) is 69.4 Å². The smallest absolute Gasteiger partial charge is 0.238 e. The number of hydrogen-bond donors (Lipinski definition) is 1. The fraction of sp³-hybridized carbons (Fsp3) is 0.625. The van der Waals surface area contributed by atoms with Crippen LogP contribution in [0.15, 0.2) is 23.1 Å². The number of nitrogens with two attached hydrogens (primary N) is 1. The zero-order chi connectivity index (χ0) is 15.5. The first kappa shape index (κ1) is 16.3. The highest BCUT2D eigenvalue weighted by Gasteiger charge is 2.19. The van der Waals surface area contributed by atoms with Gasteiger partial charge in [0.15, 0.2) is 0 Å². The predicted molar refractivity (Wildman–Crippen MR) is 84.0 cm³/mol. The Morgan fingerprint density at radius 1 is 1.33 bits per heavy atom. The second-order valence-electron chi connectivity index (χ2n) is 6.02. The van der Waals surface area contributed by atoms with Gasteiger partial charge >= 0.3 is 0 Å². The van der Waals surface area contributed by atoms with E-state index >= 15 is 0 Å². The molecule has 1 aliphatic rings. The van der Waals surface area contributed by atoms with Crippen LogP contribution in [0.3, 0.4) is 0 Å². The van der Waals surface area contributed by atoms with Crippen molar-refractivity contribution in [1.82, 2.24) is 0 Å². The van der Waals surface area contributed by atoms with E-state index in [0.717, 1.165) is 24.3 Å². The van der Waals surface area contributed by atoms with E-state index in [4.69, 9.17) is 9.88 Å². The van der Waals surface area contributed by atoms with E-state index in [0.29, 0.717) is 5.92 Å². The minimum absolute atomic E-state index is 0.158. The molecule has 0 amide bonds. The molecule has 0 radical (unpaired) electrons. The van der Waals surface area contributed by atoms with Gasteiger partial charge in [-0.15, -0.1) is 0 Å². The molecule has 0 spiro atoms. The Hall–Kier alpha value is -1.07. The van der Waals surface area contributed by atoms with Crippen LogP contribution >= 0.6 is 0 Å². The summed E-state index contributed by atoms with van der Waals surface area (Å²) in [7, 11) is -3.67. The maximum atomic E-state index is 11.5. The number of hydrogen-bond acceptors (Lipinski definition) is 3. The first-order valence-electron chi connectivity index (χ1n) is 7.71. The fourth-order valence-electron chi connectivity index (χ4n) is 2.82. The van der Waals surface area contributed by atoms with Gasteiger partial charge in [0.1, 0.15) is 5.75 Å². The fourth-order valence-corrected chi connectivity index (χ4v) is 3.37. The zero-order valence-electron chi connectivity index (χ0n) is 12.8. The lowest BCUT2D eigenvalue weighted by atomic mass is 9.97. The largest absolute Gasteiger partial charge is 0.493 e. The number of ether oxygens (including phenoxy) is 1. The van der Waals surface area contributed by atoms with Gasteiger partial charge in [-0.2, -0.15) is 0 Å². The van der Waals surface area contributed by atoms with Crippen LogP contribution in [-0.4, -0.2) is 15.0 Å². The molecule has 2 rings (SSSR count). The van der Waals surface area contributed by atoms with Crippen LogP contribution in [0.4, 0.5) is 0 Å². The van der Waals surface area contributed by atoms with Crippen LogP contribution in [0.1, 0.15) is 57.4 Å². The van der Waals surface area contributed by atoms with Crippen molar-refractivity contribution >= 4 is 10.0 Å². The molecule has 0 bridgehead atoms. The van der Waals surface area contributed by atoms with E-state index in [1.54, 1.807) is 12.1 Å². The molecule has 1 aliphatic carbocycles. The summed E-state index contributed by atoms with van der Waals surface area (Å²) in [6, 6.07) is 4.94. The average molecular weight is 311 g/mol. The number of primary sulfonamides is 1. The van der Waals surface area contributed by atoms with Crippen molar-refractivity contribution in [3.05, 3.63) is 23.8 Å². The third kappa shape index (κ3) is 4.20. The SMILES string of the molecule is CCC(C)c1cc(S(N)(=O)=O)ccc1OCC1CCCC1. The van der Waals surface area contributed by atoms with Crippen molar-refractivity contribution in [1.29, 1.82) is 0 Å². The van der Waals surface area contributed by atoms with Gasteiger partial charge in [-0.1, -0.05) is 26.7 Å². The van der Waals surface area contributed by atoms with E-state index < -0.39 is 10.0 Å². The summed E-state index contributed by atoms with van der Waals surface area (Å²) < 4.78 is 29.0. The molecule has 1 atom stereocenters. The zero-order valence-corrected chi connectivity index (χ0v) is 13.7. The van der Waals surface area contributed by atoms with Gasteiger partial charge < -0.3 is 4.74 Å². The van der Waals surface area contributed by atoms with Crippen molar-refractivity contribution in [2.45, 2.75) is 56.8 Å². The Kier molecular flexibility index (Phi) is 5.27. The van der Waals surface area contributed by atoms with Crippen molar-refractivity contribution in [3.8, 4) is 5.75 Å². The molecule has 0 aromatic heterocycles. The van der Waals surface area contributed by atoms with Crippen LogP contribution in [0.2, 0.25) is 0 Å². The summed E-state index contributed by atoms with van der Waals surface area (Å²) in [5.41, 5.74) is 0.932. The number of sulfonamides is 1. The highest BCUT2D eigenvalue weighted by Crippen LogP contribution is 2.32. The van der Waals surface area contributed by atoms with Crippen LogP contribution in [0, 0.1) is 5.92 Å². The summed E-state index contributed by atoms with van der Waals surface area (Å²) in [6.07, 6.45) is 5.96. The van der Waals surface area contributed by atoms with Gasteiger partial charge in [0.05, 0.1) is 11.5 Å². The minimum Gasteiger partial charge on any atom is -0.493 e. The lowest BCUT2D eigenvalue weighted by Crippen LogP contribution is -2.14. The molecule has 118 valence electrons. The first-order valence-corrected chi connectivity index (χ1v) is 9.26. The van der Waals surface area contributed by atoms with Crippen LogP contribution in [-0.2, 0) is 10.0 Å². The molecule has 2 N–H and O–H groups in total. The van der Waals surface area contributed by atoms with Gasteiger partial charge in [-0.3, -0.25) is 0 Å². The lowest BCUT2D eigenvalue weighted by Gasteiger charge is -2.18. The second-order valence-corrected chi connectivity index (χ2v) is 7.58. The summed E-state index contributed by atoms with van der Waals surface area (Å²) in [5.74, 6) is 1.67. The molecule has 1 unspecified atom stereocenters. The molecular weight excluding hydrogens is 286 g/mol. The number of benzene rings is 1. The molecular formula is C16H25NO3S. The second kappa shape index (κ2) is 6.79. The Balaban J connectivity index is 2.22. The quantitative estimate of drug-likeness (QED) is 0.875. The molecule has 21 heavy (non-hydrogen) atoms. The van der Waals surface area contributed by atoms with E-state index in [1.807, 2.05) is 0 Å². The van der Waals surface area contributed by atoms with E-state index in [2.05, 4.69) is 13.8 Å². The molecule has 0 aliphatic heterocycles. The number of rotatable bonds is 6. The lowest BCUT2D eigenvalue weighted by molar-refractivity contribution is 0.249. The molecule has 1 aromatic rings. The van der Waals surface area contributed by atoms with Crippen molar-refractivity contribution in [2.24, 2.45) is 11.1 Å². The highest BCUT2D eigenvalue weighted by atomic mass is 32.2. The third-order valence-corrected chi connectivity index (χ3v) is 5.31. The molecule has 1 fully saturated rings. The van der Waals surface area contributed by atoms with Gasteiger partial charge in [0.2, 0.25) is 10.0 Å². The summed E-state index contributed by atoms with van der Waals surface area (Å²) in [4.78, 5) is 0.158. The van der Waals surface area contributed by atoms with E-state index in [-0.39, 0.29) is 10.8 Å². The van der Waals surface area contributed by atoms with Crippen LogP contribution in [0.5, 0.6) is 5.75 Å². The minimum atomic E-state index is -3.67. The molecule has 1 aromatic carbocycles. The van der Waals surface area contributed by atoms with E-state index in [1.165, 1.54) is 31.7 Å². The Labute approximate surface area is 127 Å². The average Bonchev–Trinajstić information content (AvgIpc) is 2.96. The Bertz CT molecular complexity index is 577. The Morgan fingerprint density at radius 3 is 2.57 bits per heavy atom. The highest BCUT2D eigenvalue weighted by molar-refractivity contribution is 7.89. The van der Waals surface area contributed by atoms with Crippen molar-refractivity contribution < 1.29 is 13.2 Å². The first-order chi connectivity index (χ1) is 9.91. The van der Waals surface area contributed by atoms with Gasteiger partial charge in [-0.25, -0.2) is 13.6 Å². The maximum absolute atomic E-state index is 11.5. The van der Waals surface area contributed by atoms with Gasteiger partial charge in [-0.05, 0) is 54.9 Å². The summed E-state index contributed by atoms with van der Waals surface area (Å²) in [6.45, 7) is 4.87.